The lowest BCUT2D eigenvalue weighted by atomic mass is 10.0. The first-order valence-corrected chi connectivity index (χ1v) is 8.74. The molecule has 142 valence electrons. The Morgan fingerprint density at radius 1 is 1.04 bits per heavy atom. The molecule has 2 amide bonds. The maximum atomic E-state index is 12.3. The van der Waals surface area contributed by atoms with Crippen molar-refractivity contribution in [2.45, 2.75) is 19.5 Å². The lowest BCUT2D eigenvalue weighted by Crippen LogP contribution is -2.38. The number of nitrogens with one attached hydrogen (secondary N) is 1. The summed E-state index contributed by atoms with van der Waals surface area (Å²) in [5.74, 6) is -0.336. The number of carbonyl (C=O) groups excluding carboxylic acids is 2. The van der Waals surface area contributed by atoms with Crippen LogP contribution in [-0.2, 0) is 4.79 Å². The topological polar surface area (TPSA) is 58.6 Å². The molecule has 1 fully saturated rings. The van der Waals surface area contributed by atoms with E-state index in [9.17, 15) is 18.4 Å². The van der Waals surface area contributed by atoms with Crippen LogP contribution in [0, 0.1) is 0 Å². The van der Waals surface area contributed by atoms with Crippen LogP contribution in [0.1, 0.15) is 23.2 Å². The van der Waals surface area contributed by atoms with Crippen molar-refractivity contribution < 1.29 is 23.1 Å². The van der Waals surface area contributed by atoms with Crippen LogP contribution >= 0.6 is 0 Å². The first-order valence-electron chi connectivity index (χ1n) is 8.74. The standard InChI is InChI=1S/C20H20F2N2O3/c21-20(22)27-17-8-6-14(7-9-17)15-4-3-5-16(12-15)19(26)23-13-18(25)24-10-1-2-11-24/h3-9,12,20H,1-2,10-11,13H2,(H,23,26). The summed E-state index contributed by atoms with van der Waals surface area (Å²) in [5.41, 5.74) is 1.95. The van der Waals surface area contributed by atoms with E-state index in [2.05, 4.69) is 10.1 Å². The number of likely N-dealkylation sites (tertiary alicyclic amines) is 1. The Labute approximate surface area is 155 Å². The number of rotatable bonds is 6. The molecular weight excluding hydrogens is 354 g/mol. The van der Waals surface area contributed by atoms with Crippen molar-refractivity contribution in [3.05, 3.63) is 54.1 Å². The summed E-state index contributed by atoms with van der Waals surface area (Å²) in [4.78, 5) is 26.1. The fourth-order valence-electron chi connectivity index (χ4n) is 3.01. The lowest BCUT2D eigenvalue weighted by Gasteiger charge is -2.15. The van der Waals surface area contributed by atoms with Gasteiger partial charge in [-0.1, -0.05) is 24.3 Å². The normalized spacial score (nSPS) is 13.7. The first-order chi connectivity index (χ1) is 13.0. The second-order valence-electron chi connectivity index (χ2n) is 6.25. The zero-order valence-corrected chi connectivity index (χ0v) is 14.7. The van der Waals surface area contributed by atoms with Gasteiger partial charge < -0.3 is 15.0 Å². The van der Waals surface area contributed by atoms with Crippen LogP contribution in [0.15, 0.2) is 48.5 Å². The third-order valence-electron chi connectivity index (χ3n) is 4.40. The first kappa shape index (κ1) is 18.8. The molecule has 0 bridgehead atoms. The highest BCUT2D eigenvalue weighted by Gasteiger charge is 2.18. The molecule has 1 heterocycles. The van der Waals surface area contributed by atoms with Crippen LogP contribution < -0.4 is 10.1 Å². The van der Waals surface area contributed by atoms with E-state index in [-0.39, 0.29) is 24.1 Å². The number of ether oxygens (including phenoxy) is 1. The number of hydrogen-bond donors (Lipinski definition) is 1. The summed E-state index contributed by atoms with van der Waals surface area (Å²) in [5, 5.41) is 2.65. The molecular formula is C20H20F2N2O3. The number of amides is 2. The highest BCUT2D eigenvalue weighted by molar-refractivity contribution is 5.97. The lowest BCUT2D eigenvalue weighted by molar-refractivity contribution is -0.129. The van der Waals surface area contributed by atoms with E-state index < -0.39 is 6.61 Å². The van der Waals surface area contributed by atoms with Gasteiger partial charge in [-0.3, -0.25) is 9.59 Å². The van der Waals surface area contributed by atoms with Crippen LogP contribution in [0.25, 0.3) is 11.1 Å². The summed E-state index contributed by atoms with van der Waals surface area (Å²) in [6.45, 7) is -1.40. The third-order valence-corrected chi connectivity index (χ3v) is 4.40. The number of halogens is 2. The molecule has 3 rings (SSSR count). The van der Waals surface area contributed by atoms with Crippen molar-refractivity contribution >= 4 is 11.8 Å². The molecule has 0 atom stereocenters. The average Bonchev–Trinajstić information content (AvgIpc) is 3.21. The summed E-state index contributed by atoms with van der Waals surface area (Å²) in [6, 6.07) is 13.1. The Bertz CT molecular complexity index is 803. The van der Waals surface area contributed by atoms with Crippen molar-refractivity contribution in [1.82, 2.24) is 10.2 Å². The van der Waals surface area contributed by atoms with Crippen molar-refractivity contribution in [1.29, 1.82) is 0 Å². The quantitative estimate of drug-likeness (QED) is 0.844. The van der Waals surface area contributed by atoms with E-state index in [0.717, 1.165) is 37.1 Å². The second-order valence-corrected chi connectivity index (χ2v) is 6.25. The molecule has 0 aromatic heterocycles. The van der Waals surface area contributed by atoms with E-state index in [4.69, 9.17) is 0 Å². The molecule has 5 nitrogen and oxygen atoms in total. The molecule has 2 aromatic rings. The fourth-order valence-corrected chi connectivity index (χ4v) is 3.01. The number of carbonyl (C=O) groups is 2. The number of alkyl halides is 2. The maximum Gasteiger partial charge on any atom is 0.387 e. The molecule has 0 spiro atoms. The highest BCUT2D eigenvalue weighted by atomic mass is 19.3. The second kappa shape index (κ2) is 8.62. The van der Waals surface area contributed by atoms with Crippen LogP contribution in [0.5, 0.6) is 5.75 Å². The van der Waals surface area contributed by atoms with Gasteiger partial charge in [0.1, 0.15) is 5.75 Å². The van der Waals surface area contributed by atoms with Gasteiger partial charge in [-0.05, 0) is 48.2 Å². The van der Waals surface area contributed by atoms with Gasteiger partial charge in [0.05, 0.1) is 6.54 Å². The van der Waals surface area contributed by atoms with Gasteiger partial charge in [0.2, 0.25) is 5.91 Å². The molecule has 0 unspecified atom stereocenters. The minimum atomic E-state index is -2.87. The predicted molar refractivity (Wildman–Crippen MR) is 96.7 cm³/mol. The van der Waals surface area contributed by atoms with E-state index in [1.54, 1.807) is 35.2 Å². The minimum absolute atomic E-state index is 0.0251. The zero-order valence-electron chi connectivity index (χ0n) is 14.7. The Morgan fingerprint density at radius 3 is 2.41 bits per heavy atom. The Morgan fingerprint density at radius 2 is 1.74 bits per heavy atom. The van der Waals surface area contributed by atoms with Crippen LogP contribution in [0.2, 0.25) is 0 Å². The van der Waals surface area contributed by atoms with E-state index in [0.29, 0.717) is 5.56 Å². The average molecular weight is 374 g/mol. The molecule has 0 aliphatic carbocycles. The molecule has 2 aromatic carbocycles. The smallest absolute Gasteiger partial charge is 0.387 e. The van der Waals surface area contributed by atoms with Crippen molar-refractivity contribution in [2.75, 3.05) is 19.6 Å². The third kappa shape index (κ3) is 5.03. The van der Waals surface area contributed by atoms with Crippen LogP contribution in [0.3, 0.4) is 0 Å². The molecule has 1 N–H and O–H groups in total. The SMILES string of the molecule is O=C(NCC(=O)N1CCCC1)c1cccc(-c2ccc(OC(F)F)cc2)c1. The monoisotopic (exact) mass is 374 g/mol. The van der Waals surface area contributed by atoms with Gasteiger partial charge in [0.15, 0.2) is 0 Å². The van der Waals surface area contributed by atoms with Crippen LogP contribution in [0.4, 0.5) is 8.78 Å². The van der Waals surface area contributed by atoms with Crippen LogP contribution in [-0.4, -0.2) is 43.0 Å². The maximum absolute atomic E-state index is 12.3. The predicted octanol–water partition coefficient (Wildman–Crippen LogP) is 3.31. The Balaban J connectivity index is 1.64. The number of nitrogens with zero attached hydrogens (tertiary/aromatic N) is 1. The number of hydrogen-bond acceptors (Lipinski definition) is 3. The summed E-state index contributed by atoms with van der Waals surface area (Å²) < 4.78 is 28.8. The molecule has 1 saturated heterocycles. The molecule has 1 aliphatic rings. The van der Waals surface area contributed by atoms with E-state index in [1.165, 1.54) is 12.1 Å². The van der Waals surface area contributed by atoms with E-state index >= 15 is 0 Å². The van der Waals surface area contributed by atoms with Crippen molar-refractivity contribution in [3.8, 4) is 16.9 Å². The molecule has 0 saturated carbocycles. The summed E-state index contributed by atoms with van der Waals surface area (Å²) in [7, 11) is 0. The van der Waals surface area contributed by atoms with Crippen molar-refractivity contribution in [3.63, 3.8) is 0 Å². The van der Waals surface area contributed by atoms with Gasteiger partial charge in [-0.25, -0.2) is 0 Å². The van der Waals surface area contributed by atoms with Gasteiger partial charge in [-0.15, -0.1) is 0 Å². The number of benzene rings is 2. The zero-order chi connectivity index (χ0) is 19.2. The van der Waals surface area contributed by atoms with Gasteiger partial charge in [0.25, 0.3) is 5.91 Å². The van der Waals surface area contributed by atoms with Crippen molar-refractivity contribution in [2.24, 2.45) is 0 Å². The molecule has 0 radical (unpaired) electrons. The largest absolute Gasteiger partial charge is 0.435 e. The Hall–Kier alpha value is -2.96. The highest BCUT2D eigenvalue weighted by Crippen LogP contribution is 2.24. The molecule has 1 aliphatic heterocycles. The van der Waals surface area contributed by atoms with E-state index in [1.807, 2.05) is 6.07 Å². The Kier molecular flexibility index (Phi) is 6.01. The van der Waals surface area contributed by atoms with Gasteiger partial charge in [0, 0.05) is 18.7 Å². The summed E-state index contributed by atoms with van der Waals surface area (Å²) >= 11 is 0. The molecule has 7 heteroatoms. The van der Waals surface area contributed by atoms with Gasteiger partial charge in [-0.2, -0.15) is 8.78 Å². The molecule has 27 heavy (non-hydrogen) atoms. The van der Waals surface area contributed by atoms with Gasteiger partial charge >= 0.3 is 6.61 Å². The summed E-state index contributed by atoms with van der Waals surface area (Å²) in [6.07, 6.45) is 2.01. The minimum Gasteiger partial charge on any atom is -0.435 e. The fraction of sp³-hybridized carbons (Fsp3) is 0.300.